The highest BCUT2D eigenvalue weighted by Crippen LogP contribution is 2.39. The van der Waals surface area contributed by atoms with Gasteiger partial charge in [-0.15, -0.1) is 22.0 Å². The smallest absolute Gasteiger partial charge is 0.244 e. The number of rotatable bonds is 8. The van der Waals surface area contributed by atoms with E-state index < -0.39 is 0 Å². The molecule has 32 heavy (non-hydrogen) atoms. The van der Waals surface area contributed by atoms with Crippen molar-refractivity contribution in [3.05, 3.63) is 94.5 Å². The van der Waals surface area contributed by atoms with Gasteiger partial charge in [0.05, 0.1) is 0 Å². The van der Waals surface area contributed by atoms with Gasteiger partial charge in [-0.3, -0.25) is 0 Å². The zero-order valence-electron chi connectivity index (χ0n) is 17.5. The molecule has 1 unspecified atom stereocenters. The number of aromatic nitrogens is 3. The van der Waals surface area contributed by atoms with Gasteiger partial charge in [0.1, 0.15) is 16.8 Å². The molecule has 0 radical (unpaired) electrons. The Labute approximate surface area is 202 Å². The number of anilines is 1. The molecular weight excluding hydrogens is 459 g/mol. The van der Waals surface area contributed by atoms with E-state index in [9.17, 15) is 0 Å². The third-order valence-corrected chi connectivity index (χ3v) is 6.78. The predicted octanol–water partition coefficient (Wildman–Crippen LogP) is 7.77. The van der Waals surface area contributed by atoms with Crippen LogP contribution >= 0.6 is 35.0 Å². The average Bonchev–Trinajstić information content (AvgIpc) is 2.83. The summed E-state index contributed by atoms with van der Waals surface area (Å²) < 4.78 is 0. The summed E-state index contributed by atoms with van der Waals surface area (Å²) >= 11 is 14.7. The summed E-state index contributed by atoms with van der Waals surface area (Å²) in [7, 11) is 0. The minimum atomic E-state index is -0.204. The van der Waals surface area contributed by atoms with Crippen molar-refractivity contribution in [3.63, 3.8) is 0 Å². The molecule has 4 rings (SSSR count). The van der Waals surface area contributed by atoms with E-state index in [-0.39, 0.29) is 5.37 Å². The molecular formula is C25H22Cl2N4S. The average molecular weight is 481 g/mol. The number of nitrogens with one attached hydrogen (secondary N) is 1. The first kappa shape index (κ1) is 22.6. The highest BCUT2D eigenvalue weighted by molar-refractivity contribution is 7.99. The van der Waals surface area contributed by atoms with Crippen molar-refractivity contribution in [2.45, 2.75) is 18.7 Å². The van der Waals surface area contributed by atoms with E-state index in [0.717, 1.165) is 40.3 Å². The number of benzene rings is 3. The Morgan fingerprint density at radius 2 is 1.38 bits per heavy atom. The third kappa shape index (κ3) is 5.23. The molecule has 1 heterocycles. The van der Waals surface area contributed by atoms with E-state index in [1.807, 2.05) is 78.9 Å². The Hall–Kier alpha value is -2.60. The molecule has 0 aliphatic heterocycles. The first-order valence-corrected chi connectivity index (χ1v) is 12.2. The van der Waals surface area contributed by atoms with E-state index >= 15 is 0 Å². The van der Waals surface area contributed by atoms with Crippen molar-refractivity contribution in [1.82, 2.24) is 15.2 Å². The van der Waals surface area contributed by atoms with E-state index in [0.29, 0.717) is 16.0 Å². The SMILES string of the molecule is CCCSC(Nc1nnc(-c2ccccc2)c(-c2ccccc2)n1)c1c(Cl)cccc1Cl. The summed E-state index contributed by atoms with van der Waals surface area (Å²) in [5.41, 5.74) is 4.25. The summed E-state index contributed by atoms with van der Waals surface area (Å²) in [5, 5.41) is 13.4. The standard InChI is InChI=1S/C25H22Cl2N4S/c1-2-16-32-24(21-19(26)14-9-15-20(21)27)29-25-28-22(17-10-5-3-6-11-17)23(30-31-25)18-12-7-4-8-13-18/h3-15,24H,2,16H2,1H3,(H,28,29,31). The van der Waals surface area contributed by atoms with Gasteiger partial charge >= 0.3 is 0 Å². The van der Waals surface area contributed by atoms with Crippen LogP contribution in [0.1, 0.15) is 24.3 Å². The Morgan fingerprint density at radius 1 is 0.781 bits per heavy atom. The first-order chi connectivity index (χ1) is 15.7. The second-order valence-electron chi connectivity index (χ2n) is 7.10. The maximum atomic E-state index is 6.51. The molecule has 0 fully saturated rings. The topological polar surface area (TPSA) is 50.7 Å². The lowest BCUT2D eigenvalue weighted by molar-refractivity contribution is 0.945. The Bertz CT molecular complexity index is 1150. The molecule has 1 N–H and O–H groups in total. The fraction of sp³-hybridized carbons (Fsp3) is 0.160. The van der Waals surface area contributed by atoms with Crippen LogP contribution in [-0.2, 0) is 0 Å². The van der Waals surface area contributed by atoms with Crippen molar-refractivity contribution in [1.29, 1.82) is 0 Å². The van der Waals surface area contributed by atoms with Gasteiger partial charge in [-0.1, -0.05) is 96.9 Å². The summed E-state index contributed by atoms with van der Waals surface area (Å²) in [6.45, 7) is 2.14. The molecule has 1 aromatic heterocycles. The highest BCUT2D eigenvalue weighted by Gasteiger charge is 2.21. The number of hydrogen-bond acceptors (Lipinski definition) is 5. The van der Waals surface area contributed by atoms with Crippen LogP contribution in [0.4, 0.5) is 5.95 Å². The quantitative estimate of drug-likeness (QED) is 0.261. The van der Waals surface area contributed by atoms with Gasteiger partial charge < -0.3 is 5.32 Å². The summed E-state index contributed by atoms with van der Waals surface area (Å²) in [4.78, 5) is 4.87. The molecule has 0 aliphatic rings. The largest absolute Gasteiger partial charge is 0.337 e. The lowest BCUT2D eigenvalue weighted by Gasteiger charge is -2.21. The van der Waals surface area contributed by atoms with E-state index in [1.165, 1.54) is 0 Å². The molecule has 0 saturated heterocycles. The molecule has 4 nitrogen and oxygen atoms in total. The number of nitrogens with zero attached hydrogens (tertiary/aromatic N) is 3. The zero-order chi connectivity index (χ0) is 22.3. The third-order valence-electron chi connectivity index (χ3n) is 4.79. The Kier molecular flexibility index (Phi) is 7.63. The second-order valence-corrected chi connectivity index (χ2v) is 9.12. The van der Waals surface area contributed by atoms with Crippen LogP contribution in [-0.4, -0.2) is 20.9 Å². The van der Waals surface area contributed by atoms with Crippen LogP contribution in [0.15, 0.2) is 78.9 Å². The molecule has 3 aromatic carbocycles. The van der Waals surface area contributed by atoms with Crippen molar-refractivity contribution in [2.75, 3.05) is 11.1 Å². The molecule has 1 atom stereocenters. The summed E-state index contributed by atoms with van der Waals surface area (Å²) in [6.07, 6.45) is 1.02. The van der Waals surface area contributed by atoms with Crippen LogP contribution in [0.5, 0.6) is 0 Å². The summed E-state index contributed by atoms with van der Waals surface area (Å²) in [5.74, 6) is 1.36. The maximum absolute atomic E-state index is 6.51. The fourth-order valence-corrected chi connectivity index (χ4v) is 5.11. The lowest BCUT2D eigenvalue weighted by atomic mass is 10.0. The minimum absolute atomic E-state index is 0.204. The minimum Gasteiger partial charge on any atom is -0.337 e. The van der Waals surface area contributed by atoms with Crippen LogP contribution < -0.4 is 5.32 Å². The molecule has 0 saturated carbocycles. The highest BCUT2D eigenvalue weighted by atomic mass is 35.5. The van der Waals surface area contributed by atoms with Gasteiger partial charge in [-0.25, -0.2) is 4.98 Å². The molecule has 162 valence electrons. The molecule has 7 heteroatoms. The maximum Gasteiger partial charge on any atom is 0.244 e. The van der Waals surface area contributed by atoms with Crippen LogP contribution in [0.3, 0.4) is 0 Å². The van der Waals surface area contributed by atoms with Crippen molar-refractivity contribution in [2.24, 2.45) is 0 Å². The van der Waals surface area contributed by atoms with Gasteiger partial charge in [0.15, 0.2) is 0 Å². The van der Waals surface area contributed by atoms with E-state index in [1.54, 1.807) is 11.8 Å². The van der Waals surface area contributed by atoms with Crippen LogP contribution in [0, 0.1) is 0 Å². The van der Waals surface area contributed by atoms with Crippen LogP contribution in [0.2, 0.25) is 10.0 Å². The van der Waals surface area contributed by atoms with Gasteiger partial charge in [0.2, 0.25) is 5.95 Å². The Morgan fingerprint density at radius 3 is 1.97 bits per heavy atom. The monoisotopic (exact) mass is 480 g/mol. The molecule has 0 bridgehead atoms. The lowest BCUT2D eigenvalue weighted by Crippen LogP contribution is -2.13. The molecule has 0 spiro atoms. The van der Waals surface area contributed by atoms with Crippen molar-refractivity contribution >= 4 is 40.9 Å². The predicted molar refractivity (Wildman–Crippen MR) is 136 cm³/mol. The number of hydrogen-bond donors (Lipinski definition) is 1. The first-order valence-electron chi connectivity index (χ1n) is 10.3. The van der Waals surface area contributed by atoms with Gasteiger partial charge in [0, 0.05) is 26.7 Å². The molecule has 0 amide bonds. The fourth-order valence-electron chi connectivity index (χ4n) is 3.29. The summed E-state index contributed by atoms with van der Waals surface area (Å²) in [6, 6.07) is 25.5. The molecule has 0 aliphatic carbocycles. The Balaban J connectivity index is 1.76. The van der Waals surface area contributed by atoms with Crippen LogP contribution in [0.25, 0.3) is 22.5 Å². The molecule has 4 aromatic rings. The van der Waals surface area contributed by atoms with Crippen molar-refractivity contribution < 1.29 is 0 Å². The van der Waals surface area contributed by atoms with E-state index in [4.69, 9.17) is 28.2 Å². The van der Waals surface area contributed by atoms with Gasteiger partial charge in [0.25, 0.3) is 0 Å². The number of halogens is 2. The zero-order valence-corrected chi connectivity index (χ0v) is 19.8. The van der Waals surface area contributed by atoms with Gasteiger partial charge in [-0.05, 0) is 24.3 Å². The van der Waals surface area contributed by atoms with Crippen molar-refractivity contribution in [3.8, 4) is 22.5 Å². The normalized spacial score (nSPS) is 11.8. The number of thioether (sulfide) groups is 1. The van der Waals surface area contributed by atoms with E-state index in [2.05, 4.69) is 22.4 Å². The second kappa shape index (κ2) is 10.8. The van der Waals surface area contributed by atoms with Gasteiger partial charge in [-0.2, -0.15) is 0 Å².